The van der Waals surface area contributed by atoms with Gasteiger partial charge in [0, 0.05) is 107 Å². The van der Waals surface area contributed by atoms with E-state index in [1.807, 2.05) is 12.1 Å². The molecule has 72 heavy (non-hydrogen) atoms. The maximum atomic E-state index is 11.8. The highest BCUT2D eigenvalue weighted by atomic mass is 32.2. The number of nitrogens with zero attached hydrogens (tertiary/aromatic N) is 2. The minimum Gasteiger partial charge on any atom is -0.355 e. The van der Waals surface area contributed by atoms with Crippen molar-refractivity contribution in [2.75, 3.05) is 0 Å². The van der Waals surface area contributed by atoms with Crippen molar-refractivity contribution in [3.63, 3.8) is 0 Å². The van der Waals surface area contributed by atoms with Gasteiger partial charge >= 0.3 is 0 Å². The third-order valence-corrected chi connectivity index (χ3v) is 21.7. The molecule has 0 saturated carbocycles. The standard InChI is InChI=1S/C58H50N4O2S8/c1-5-7-9-11-35-37-13-17-41(59-37)57(53-27-25-47(69-53)45-21-23-49(67-45)51-29-31-55(71-51)65-33(3)63)43-19-15-39(61-43)36(12-10-8-6-2)40-16-20-44(62-40)58(42-18-14-38(35)60-42)54-28-26-48(70-54)46-22-24-50(68-46)52-30-32-56(72-52)66-34(4)64/h13-32,59,62H,5-12H2,1-4H3. The molecule has 0 amide bonds. The van der Waals surface area contributed by atoms with Gasteiger partial charge in [0.05, 0.1) is 31.2 Å². The number of carbonyl (C=O) groups is 2. The molecule has 6 nitrogen and oxygen atoms in total. The first-order valence-corrected chi connectivity index (χ1v) is 30.8. The van der Waals surface area contributed by atoms with Gasteiger partial charge in [-0.05, 0) is 171 Å². The van der Waals surface area contributed by atoms with E-state index in [4.69, 9.17) is 9.97 Å². The molecule has 0 atom stereocenters. The van der Waals surface area contributed by atoms with Crippen molar-refractivity contribution < 1.29 is 9.59 Å². The number of nitrogens with one attached hydrogen (secondary N) is 2. The Kier molecular flexibility index (Phi) is 14.8. The molecule has 0 spiro atoms. The van der Waals surface area contributed by atoms with Crippen LogP contribution in [0.4, 0.5) is 0 Å². The lowest BCUT2D eigenvalue weighted by atomic mass is 10.1. The molecule has 9 aromatic rings. The van der Waals surface area contributed by atoms with Crippen molar-refractivity contribution in [2.45, 2.75) is 87.5 Å². The van der Waals surface area contributed by atoms with Crippen molar-refractivity contribution >= 4 is 148 Å². The van der Waals surface area contributed by atoms with Crippen LogP contribution in [0, 0.1) is 0 Å². The van der Waals surface area contributed by atoms with Gasteiger partial charge in [-0.25, -0.2) is 9.97 Å². The Morgan fingerprint density at radius 1 is 0.403 bits per heavy atom. The number of H-pyrrole nitrogens is 2. The maximum absolute atomic E-state index is 11.8. The van der Waals surface area contributed by atoms with E-state index in [9.17, 15) is 9.59 Å². The number of aromatic amines is 2. The van der Waals surface area contributed by atoms with Crippen molar-refractivity contribution in [2.24, 2.45) is 0 Å². The first-order chi connectivity index (χ1) is 35.2. The minimum absolute atomic E-state index is 0.105. The molecular weight excluding hydrogens is 1040 g/mol. The predicted molar refractivity (Wildman–Crippen MR) is 318 cm³/mol. The summed E-state index contributed by atoms with van der Waals surface area (Å²) in [5.74, 6) is 0. The van der Waals surface area contributed by atoms with Crippen LogP contribution in [0.2, 0.25) is 0 Å². The highest BCUT2D eigenvalue weighted by Gasteiger charge is 2.21. The highest BCUT2D eigenvalue weighted by Crippen LogP contribution is 2.47. The van der Waals surface area contributed by atoms with Crippen LogP contribution in [-0.2, 0) is 22.4 Å². The van der Waals surface area contributed by atoms with Gasteiger partial charge in [-0.15, -0.1) is 68.0 Å². The van der Waals surface area contributed by atoms with E-state index in [1.54, 1.807) is 81.9 Å². The molecule has 11 rings (SSSR count). The Bertz CT molecular complexity index is 3490. The summed E-state index contributed by atoms with van der Waals surface area (Å²) in [6.07, 6.45) is 17.4. The number of unbranched alkanes of at least 4 members (excludes halogenated alkanes) is 4. The molecule has 2 aliphatic rings. The van der Waals surface area contributed by atoms with Crippen LogP contribution in [0.5, 0.6) is 0 Å². The molecule has 8 bridgehead atoms. The number of hydrogen-bond donors (Lipinski definition) is 2. The molecule has 362 valence electrons. The van der Waals surface area contributed by atoms with Gasteiger partial charge in [0.2, 0.25) is 0 Å². The van der Waals surface area contributed by atoms with E-state index in [-0.39, 0.29) is 10.2 Å². The van der Waals surface area contributed by atoms with Gasteiger partial charge < -0.3 is 9.97 Å². The maximum Gasteiger partial charge on any atom is 0.191 e. The average Bonchev–Trinajstić information content (AvgIpc) is 4.20. The van der Waals surface area contributed by atoms with Crippen LogP contribution >= 0.6 is 91.5 Å². The van der Waals surface area contributed by atoms with Crippen LogP contribution in [0.25, 0.3) is 106 Å². The topological polar surface area (TPSA) is 91.5 Å². The number of carbonyl (C=O) groups excluding carboxylic acids is 2. The SMILES string of the molecule is CCCCCc1c2nc(c(-c3ccc(-c4ccc(-c5ccc(SC(C)=O)s5)s4)s3)c3ccc([nH]3)c(CCCCC)c3nc(c(-c4ccc(-c5ccc(-c6ccc(SC(C)=O)s6)s5)s4)c4ccc1[nH]4)C=C3)C=C2. The van der Waals surface area contributed by atoms with E-state index < -0.39 is 0 Å². The van der Waals surface area contributed by atoms with Crippen molar-refractivity contribution in [1.82, 2.24) is 19.9 Å². The van der Waals surface area contributed by atoms with Gasteiger partial charge in [0.1, 0.15) is 0 Å². The quantitative estimate of drug-likeness (QED) is 0.0740. The van der Waals surface area contributed by atoms with Gasteiger partial charge in [-0.2, -0.15) is 0 Å². The van der Waals surface area contributed by atoms with Crippen LogP contribution < -0.4 is 0 Å². The molecule has 0 fully saturated rings. The number of thiophene rings is 6. The number of aryl methyl sites for hydroxylation is 2. The van der Waals surface area contributed by atoms with E-state index in [0.717, 1.165) is 126 Å². The van der Waals surface area contributed by atoms with Gasteiger partial charge in [0.15, 0.2) is 10.2 Å². The molecular formula is C58H50N4O2S8. The summed E-state index contributed by atoms with van der Waals surface area (Å²) in [5, 5.41) is 0.211. The second-order valence-corrected chi connectivity index (χ2v) is 27.2. The molecule has 0 unspecified atom stereocenters. The fraction of sp³-hybridized carbons (Fsp3) is 0.207. The predicted octanol–water partition coefficient (Wildman–Crippen LogP) is 19.8. The number of thioether (sulfide) groups is 2. The lowest BCUT2D eigenvalue weighted by molar-refractivity contribution is -0.109. The average molecular weight is 1090 g/mol. The first kappa shape index (κ1) is 49.1. The lowest BCUT2D eigenvalue weighted by Gasteiger charge is -2.05. The molecule has 0 aliphatic carbocycles. The van der Waals surface area contributed by atoms with Crippen molar-refractivity contribution in [3.05, 3.63) is 131 Å². The Hall–Kier alpha value is -5.16. The Morgan fingerprint density at radius 2 is 0.722 bits per heavy atom. The molecule has 0 radical (unpaired) electrons. The van der Waals surface area contributed by atoms with Gasteiger partial charge in [0.25, 0.3) is 0 Å². The van der Waals surface area contributed by atoms with E-state index in [1.165, 1.54) is 73.7 Å². The molecule has 11 heterocycles. The molecule has 2 N–H and O–H groups in total. The summed E-state index contributed by atoms with van der Waals surface area (Å²) in [6, 6.07) is 35.2. The molecule has 2 aliphatic heterocycles. The summed E-state index contributed by atoms with van der Waals surface area (Å²) in [4.78, 5) is 54.5. The Balaban J connectivity index is 1.05. The van der Waals surface area contributed by atoms with E-state index >= 15 is 0 Å². The Labute approximate surface area is 452 Å². The minimum atomic E-state index is 0.105. The lowest BCUT2D eigenvalue weighted by Crippen LogP contribution is -1.93. The number of hydrogen-bond acceptors (Lipinski definition) is 12. The van der Waals surface area contributed by atoms with Crippen LogP contribution in [0.1, 0.15) is 100 Å². The fourth-order valence-electron chi connectivity index (χ4n) is 9.18. The second-order valence-electron chi connectivity index (χ2n) is 17.7. The zero-order chi connectivity index (χ0) is 49.3. The summed E-state index contributed by atoms with van der Waals surface area (Å²) in [6.45, 7) is 7.76. The summed E-state index contributed by atoms with van der Waals surface area (Å²) >= 11 is 13.1. The smallest absolute Gasteiger partial charge is 0.191 e. The third-order valence-electron chi connectivity index (χ3n) is 12.6. The third kappa shape index (κ3) is 10.5. The van der Waals surface area contributed by atoms with Gasteiger partial charge in [-0.3, -0.25) is 9.59 Å². The van der Waals surface area contributed by atoms with Crippen LogP contribution in [0.15, 0.2) is 105 Å². The second kappa shape index (κ2) is 21.7. The zero-order valence-electron chi connectivity index (χ0n) is 40.2. The van der Waals surface area contributed by atoms with Crippen molar-refractivity contribution in [1.29, 1.82) is 0 Å². The van der Waals surface area contributed by atoms with Crippen LogP contribution in [-0.4, -0.2) is 30.2 Å². The van der Waals surface area contributed by atoms with Crippen molar-refractivity contribution in [3.8, 4) is 59.9 Å². The summed E-state index contributed by atoms with van der Waals surface area (Å²) < 4.78 is 2.04. The monoisotopic (exact) mass is 1090 g/mol. The highest BCUT2D eigenvalue weighted by molar-refractivity contribution is 8.15. The Morgan fingerprint density at radius 3 is 1.10 bits per heavy atom. The molecule has 14 heteroatoms. The number of fused-ring (bicyclic) bond motifs is 8. The van der Waals surface area contributed by atoms with E-state index in [2.05, 4.69) is 133 Å². The zero-order valence-corrected chi connectivity index (χ0v) is 46.7. The summed E-state index contributed by atoms with van der Waals surface area (Å²) in [5.41, 5.74) is 12.8. The normalized spacial score (nSPS) is 12.2. The molecule has 0 aromatic carbocycles. The van der Waals surface area contributed by atoms with E-state index in [0.29, 0.717) is 0 Å². The number of rotatable bonds is 16. The largest absolute Gasteiger partial charge is 0.355 e. The summed E-state index contributed by atoms with van der Waals surface area (Å²) in [7, 11) is 0. The van der Waals surface area contributed by atoms with Crippen LogP contribution in [0.3, 0.4) is 0 Å². The fourth-order valence-corrected chi connectivity index (χ4v) is 17.6. The first-order valence-electron chi connectivity index (χ1n) is 24.3. The molecule has 0 saturated heterocycles. The number of aromatic nitrogens is 4. The molecule has 9 aromatic heterocycles. The van der Waals surface area contributed by atoms with Gasteiger partial charge in [-0.1, -0.05) is 39.5 Å².